The predicted octanol–water partition coefficient (Wildman–Crippen LogP) is 4.94. The van der Waals surface area contributed by atoms with Gasteiger partial charge in [-0.25, -0.2) is 9.97 Å². The Labute approximate surface area is 197 Å². The molecule has 170 valence electrons. The van der Waals surface area contributed by atoms with Crippen LogP contribution in [0.2, 0.25) is 5.02 Å². The minimum Gasteiger partial charge on any atom is -0.481 e. The molecule has 0 radical (unpaired) electrons. The van der Waals surface area contributed by atoms with Crippen molar-refractivity contribution in [2.75, 3.05) is 0 Å². The molecule has 2 unspecified atom stereocenters. The van der Waals surface area contributed by atoms with Crippen molar-refractivity contribution in [3.05, 3.63) is 77.0 Å². The second-order valence-corrected chi connectivity index (χ2v) is 8.69. The number of aliphatic hydroxyl groups excluding tert-OH is 2. The van der Waals surface area contributed by atoms with Crippen LogP contribution in [0.15, 0.2) is 60.7 Å². The minimum atomic E-state index is -1.13. The van der Waals surface area contributed by atoms with Gasteiger partial charge in [-0.15, -0.1) is 0 Å². The van der Waals surface area contributed by atoms with Crippen molar-refractivity contribution in [3.8, 4) is 22.6 Å². The smallest absolute Gasteiger partial charge is 0.305 e. The summed E-state index contributed by atoms with van der Waals surface area (Å²) in [6.07, 6.45) is 2.81. The van der Waals surface area contributed by atoms with Crippen LogP contribution in [-0.2, 0) is 4.79 Å². The summed E-state index contributed by atoms with van der Waals surface area (Å²) in [5.41, 5.74) is 4.26. The van der Waals surface area contributed by atoms with Crippen LogP contribution in [0.4, 0.5) is 0 Å². The Bertz CT molecular complexity index is 1140. The Morgan fingerprint density at radius 2 is 1.73 bits per heavy atom. The molecule has 1 aromatic heterocycles. The van der Waals surface area contributed by atoms with Gasteiger partial charge in [-0.3, -0.25) is 4.79 Å². The summed E-state index contributed by atoms with van der Waals surface area (Å²) in [7, 11) is 0. The fourth-order valence-electron chi connectivity index (χ4n) is 3.71. The summed E-state index contributed by atoms with van der Waals surface area (Å²) >= 11 is 6.10. The lowest BCUT2D eigenvalue weighted by molar-refractivity contribution is -0.139. The van der Waals surface area contributed by atoms with E-state index in [1.165, 1.54) is 0 Å². The van der Waals surface area contributed by atoms with E-state index < -0.39 is 24.6 Å². The molecule has 2 atom stereocenters. The molecule has 1 fully saturated rings. The highest BCUT2D eigenvalue weighted by atomic mass is 35.5. The van der Waals surface area contributed by atoms with Gasteiger partial charge in [-0.05, 0) is 25.0 Å². The Balaban J connectivity index is 1.76. The Kier molecular flexibility index (Phi) is 7.18. The number of carboxylic acids is 1. The number of rotatable bonds is 9. The molecule has 0 bridgehead atoms. The van der Waals surface area contributed by atoms with Gasteiger partial charge >= 0.3 is 5.97 Å². The molecule has 1 saturated carbocycles. The highest BCUT2D eigenvalue weighted by Gasteiger charge is 2.30. The third kappa shape index (κ3) is 6.05. The van der Waals surface area contributed by atoms with Gasteiger partial charge in [-0.1, -0.05) is 66.2 Å². The van der Waals surface area contributed by atoms with Crippen molar-refractivity contribution >= 4 is 23.6 Å². The average Bonchev–Trinajstić information content (AvgIpc) is 3.63. The average molecular weight is 465 g/mol. The maximum absolute atomic E-state index is 10.8. The first-order valence-corrected chi connectivity index (χ1v) is 11.3. The maximum Gasteiger partial charge on any atom is 0.305 e. The lowest BCUT2D eigenvalue weighted by atomic mass is 9.99. The summed E-state index contributed by atoms with van der Waals surface area (Å²) < 4.78 is 0. The summed E-state index contributed by atoms with van der Waals surface area (Å²) in [4.78, 5) is 20.6. The Morgan fingerprint density at radius 3 is 2.36 bits per heavy atom. The van der Waals surface area contributed by atoms with Gasteiger partial charge in [0.15, 0.2) is 5.82 Å². The number of halogens is 1. The van der Waals surface area contributed by atoms with Crippen LogP contribution in [-0.4, -0.2) is 43.5 Å². The zero-order valence-corrected chi connectivity index (χ0v) is 18.7. The van der Waals surface area contributed by atoms with Crippen molar-refractivity contribution in [3.63, 3.8) is 0 Å². The van der Waals surface area contributed by atoms with Gasteiger partial charge in [-0.2, -0.15) is 0 Å². The van der Waals surface area contributed by atoms with E-state index in [1.54, 1.807) is 12.2 Å². The van der Waals surface area contributed by atoms with Crippen LogP contribution >= 0.6 is 11.6 Å². The molecule has 0 aliphatic heterocycles. The van der Waals surface area contributed by atoms with Gasteiger partial charge in [0.2, 0.25) is 0 Å². The molecule has 0 saturated heterocycles. The Morgan fingerprint density at radius 1 is 1.03 bits per heavy atom. The van der Waals surface area contributed by atoms with Gasteiger partial charge in [0.25, 0.3) is 0 Å². The quantitative estimate of drug-likeness (QED) is 0.414. The lowest BCUT2D eigenvalue weighted by Gasteiger charge is -2.15. The SMILES string of the molecule is O=C(O)CC(O)CC(O)/C=C/c1c(-c2ccc(Cl)cc2)nc(-c2ccccc2)nc1C1CC1. The van der Waals surface area contributed by atoms with Gasteiger partial charge < -0.3 is 15.3 Å². The number of aliphatic carboxylic acids is 1. The summed E-state index contributed by atoms with van der Waals surface area (Å²) in [6.45, 7) is 0. The van der Waals surface area contributed by atoms with Gasteiger partial charge in [0.05, 0.1) is 30.0 Å². The number of aliphatic hydroxyl groups is 2. The molecule has 33 heavy (non-hydrogen) atoms. The first kappa shape index (κ1) is 23.1. The van der Waals surface area contributed by atoms with Crippen molar-refractivity contribution in [2.24, 2.45) is 0 Å². The zero-order valence-electron chi connectivity index (χ0n) is 17.9. The molecule has 0 amide bonds. The summed E-state index contributed by atoms with van der Waals surface area (Å²) in [5.74, 6) is -0.155. The molecular formula is C26H25ClN2O4. The topological polar surface area (TPSA) is 104 Å². The number of carbonyl (C=O) groups is 1. The highest BCUT2D eigenvalue weighted by molar-refractivity contribution is 6.30. The standard InChI is InChI=1S/C26H25ClN2O4/c27-19-10-8-17(9-11-19)25-22(13-12-20(30)14-21(31)15-23(32)33)24(16-6-7-16)28-26(29-25)18-4-2-1-3-5-18/h1-5,8-13,16,20-21,30-31H,6-7,14-15H2,(H,32,33)/b13-12+. The largest absolute Gasteiger partial charge is 0.481 e. The molecule has 3 aromatic rings. The minimum absolute atomic E-state index is 0.0687. The van der Waals surface area contributed by atoms with Crippen LogP contribution in [0.1, 0.15) is 42.9 Å². The molecule has 4 rings (SSSR count). The second kappa shape index (κ2) is 10.3. The van der Waals surface area contributed by atoms with E-state index in [0.29, 0.717) is 16.8 Å². The number of nitrogens with zero attached hydrogens (tertiary/aromatic N) is 2. The van der Waals surface area contributed by atoms with Crippen LogP contribution in [0.5, 0.6) is 0 Å². The summed E-state index contributed by atoms with van der Waals surface area (Å²) in [6, 6.07) is 17.2. The number of benzene rings is 2. The molecule has 1 aliphatic carbocycles. The Hall–Kier alpha value is -3.06. The van der Waals surface area contributed by atoms with E-state index in [9.17, 15) is 15.0 Å². The zero-order chi connectivity index (χ0) is 23.4. The molecule has 3 N–H and O–H groups in total. The molecule has 2 aromatic carbocycles. The maximum atomic E-state index is 10.8. The van der Waals surface area contributed by atoms with Crippen molar-refractivity contribution in [1.29, 1.82) is 0 Å². The lowest BCUT2D eigenvalue weighted by Crippen LogP contribution is -2.19. The van der Waals surface area contributed by atoms with E-state index in [1.807, 2.05) is 54.6 Å². The van der Waals surface area contributed by atoms with Gasteiger partial charge in [0, 0.05) is 34.1 Å². The normalized spacial score (nSPS) is 15.5. The number of hydrogen-bond donors (Lipinski definition) is 3. The highest BCUT2D eigenvalue weighted by Crippen LogP contribution is 2.43. The van der Waals surface area contributed by atoms with Crippen LogP contribution in [0, 0.1) is 0 Å². The summed E-state index contributed by atoms with van der Waals surface area (Å²) in [5, 5.41) is 29.7. The van der Waals surface area contributed by atoms with Crippen molar-refractivity contribution in [1.82, 2.24) is 9.97 Å². The van der Waals surface area contributed by atoms with Crippen LogP contribution in [0.25, 0.3) is 28.7 Å². The van der Waals surface area contributed by atoms with E-state index >= 15 is 0 Å². The monoisotopic (exact) mass is 464 g/mol. The van der Waals surface area contributed by atoms with Crippen LogP contribution in [0.3, 0.4) is 0 Å². The van der Waals surface area contributed by atoms with Crippen molar-refractivity contribution < 1.29 is 20.1 Å². The second-order valence-electron chi connectivity index (χ2n) is 8.26. The fraction of sp³-hybridized carbons (Fsp3) is 0.269. The first-order chi connectivity index (χ1) is 15.9. The van der Waals surface area contributed by atoms with Gasteiger partial charge in [0.1, 0.15) is 0 Å². The predicted molar refractivity (Wildman–Crippen MR) is 128 cm³/mol. The van der Waals surface area contributed by atoms with Crippen molar-refractivity contribution in [2.45, 2.75) is 43.8 Å². The number of hydrogen-bond acceptors (Lipinski definition) is 5. The van der Waals surface area contributed by atoms with Crippen LogP contribution < -0.4 is 0 Å². The third-order valence-electron chi connectivity index (χ3n) is 5.50. The van der Waals surface area contributed by atoms with E-state index in [0.717, 1.165) is 40.9 Å². The fourth-order valence-corrected chi connectivity index (χ4v) is 3.84. The van der Waals surface area contributed by atoms with E-state index in [2.05, 4.69) is 0 Å². The molecule has 1 heterocycles. The van der Waals surface area contributed by atoms with E-state index in [-0.39, 0.29) is 6.42 Å². The number of aromatic nitrogens is 2. The molecular weight excluding hydrogens is 440 g/mol. The molecule has 0 spiro atoms. The molecule has 6 nitrogen and oxygen atoms in total. The number of carboxylic acid groups (broad SMARTS) is 1. The molecule has 1 aliphatic rings. The third-order valence-corrected chi connectivity index (χ3v) is 5.75. The molecule has 7 heteroatoms. The van der Waals surface area contributed by atoms with E-state index in [4.69, 9.17) is 26.7 Å². The first-order valence-electron chi connectivity index (χ1n) is 10.9.